The number of alkyl halides is 1. The smallest absolute Gasteiger partial charge is 0.245 e. The van der Waals surface area contributed by atoms with Crippen LogP contribution in [0, 0.1) is 5.82 Å². The molecule has 3 nitrogen and oxygen atoms in total. The highest BCUT2D eigenvalue weighted by Gasteiger charge is 2.43. The van der Waals surface area contributed by atoms with E-state index in [1.165, 1.54) is 6.07 Å². The summed E-state index contributed by atoms with van der Waals surface area (Å²) in [6.45, 7) is 0. The Morgan fingerprint density at radius 2 is 1.94 bits per heavy atom. The van der Waals surface area contributed by atoms with Gasteiger partial charge >= 0.3 is 0 Å². The fourth-order valence-electron chi connectivity index (χ4n) is 1.68. The highest BCUT2D eigenvalue weighted by Crippen LogP contribution is 2.38. The van der Waals surface area contributed by atoms with Crippen LogP contribution < -0.4 is 5.32 Å². The van der Waals surface area contributed by atoms with Gasteiger partial charge in [0.2, 0.25) is 11.8 Å². The van der Waals surface area contributed by atoms with Gasteiger partial charge < -0.3 is 0 Å². The minimum Gasteiger partial charge on any atom is -0.295 e. The predicted octanol–water partition coefficient (Wildman–Crippen LogP) is 2.59. The Morgan fingerprint density at radius 3 is 2.41 bits per heavy atom. The van der Waals surface area contributed by atoms with Gasteiger partial charge in [-0.1, -0.05) is 27.5 Å². The lowest BCUT2D eigenvalue weighted by Crippen LogP contribution is -2.22. The van der Waals surface area contributed by atoms with E-state index in [4.69, 9.17) is 23.2 Å². The quantitative estimate of drug-likeness (QED) is 0.631. The molecule has 90 valence electrons. The van der Waals surface area contributed by atoms with Gasteiger partial charge in [0.15, 0.2) is 0 Å². The summed E-state index contributed by atoms with van der Waals surface area (Å²) in [6, 6.07) is 2.24. The Kier molecular flexibility index (Phi) is 3.43. The second kappa shape index (κ2) is 4.55. The average Bonchev–Trinajstić information content (AvgIpc) is 2.43. The first kappa shape index (κ1) is 12.8. The number of imide groups is 1. The van der Waals surface area contributed by atoms with Crippen molar-refractivity contribution >= 4 is 50.9 Å². The maximum Gasteiger partial charge on any atom is 0.245 e. The fourth-order valence-corrected chi connectivity index (χ4v) is 3.09. The molecule has 0 spiro atoms. The van der Waals surface area contributed by atoms with E-state index in [9.17, 15) is 14.0 Å². The first-order valence-electron chi connectivity index (χ1n) is 4.55. The Bertz CT molecular complexity index is 500. The van der Waals surface area contributed by atoms with E-state index in [-0.39, 0.29) is 5.02 Å². The number of halogens is 4. The van der Waals surface area contributed by atoms with Crippen molar-refractivity contribution in [3.63, 3.8) is 0 Å². The molecular weight excluding hydrogens is 336 g/mol. The number of carbonyl (C=O) groups excluding carboxylic acids is 2. The van der Waals surface area contributed by atoms with E-state index >= 15 is 0 Å². The SMILES string of the molecule is O=C1NC(=O)C(c2c(Cl)cc(F)cc2Br)C1Cl. The van der Waals surface area contributed by atoms with E-state index in [0.29, 0.717) is 10.0 Å². The monoisotopic (exact) mass is 339 g/mol. The molecule has 2 atom stereocenters. The van der Waals surface area contributed by atoms with Crippen molar-refractivity contribution in [3.8, 4) is 0 Å². The van der Waals surface area contributed by atoms with Crippen LogP contribution in [0.2, 0.25) is 5.02 Å². The molecule has 1 aromatic rings. The summed E-state index contributed by atoms with van der Waals surface area (Å²) in [7, 11) is 0. The second-order valence-corrected chi connectivity index (χ2v) is 5.25. The van der Waals surface area contributed by atoms with Crippen LogP contribution in [0.5, 0.6) is 0 Å². The van der Waals surface area contributed by atoms with Crippen LogP contribution in [0.1, 0.15) is 11.5 Å². The van der Waals surface area contributed by atoms with E-state index in [1.54, 1.807) is 0 Å². The zero-order valence-corrected chi connectivity index (χ0v) is 11.2. The third-order valence-electron chi connectivity index (χ3n) is 2.43. The Balaban J connectivity index is 2.54. The average molecular weight is 341 g/mol. The van der Waals surface area contributed by atoms with Crippen LogP contribution in [-0.4, -0.2) is 17.2 Å². The van der Waals surface area contributed by atoms with Crippen molar-refractivity contribution in [1.82, 2.24) is 5.32 Å². The molecule has 1 N–H and O–H groups in total. The minimum atomic E-state index is -1.04. The highest BCUT2D eigenvalue weighted by atomic mass is 79.9. The van der Waals surface area contributed by atoms with Gasteiger partial charge in [0, 0.05) is 9.50 Å². The van der Waals surface area contributed by atoms with Crippen molar-refractivity contribution in [3.05, 3.63) is 33.0 Å². The molecule has 1 heterocycles. The van der Waals surface area contributed by atoms with Gasteiger partial charge in [-0.2, -0.15) is 0 Å². The largest absolute Gasteiger partial charge is 0.295 e. The second-order valence-electron chi connectivity index (χ2n) is 3.52. The lowest BCUT2D eigenvalue weighted by atomic mass is 9.97. The number of hydrogen-bond donors (Lipinski definition) is 1. The summed E-state index contributed by atoms with van der Waals surface area (Å²) in [5.74, 6) is -2.56. The van der Waals surface area contributed by atoms with E-state index in [0.717, 1.165) is 6.07 Å². The number of carbonyl (C=O) groups is 2. The molecule has 1 fully saturated rings. The summed E-state index contributed by atoms with van der Waals surface area (Å²) in [5, 5.41) is 1.11. The van der Waals surface area contributed by atoms with Crippen molar-refractivity contribution in [1.29, 1.82) is 0 Å². The number of benzene rings is 1. The Labute approximate surface area is 114 Å². The van der Waals surface area contributed by atoms with Gasteiger partial charge in [-0.25, -0.2) is 4.39 Å². The molecule has 1 aliphatic heterocycles. The molecule has 1 saturated heterocycles. The fraction of sp³-hybridized carbons (Fsp3) is 0.200. The Hall–Kier alpha value is -0.650. The summed E-state index contributed by atoms with van der Waals surface area (Å²) in [4.78, 5) is 22.9. The van der Waals surface area contributed by atoms with Gasteiger partial charge in [0.25, 0.3) is 0 Å². The van der Waals surface area contributed by atoms with E-state index in [1.807, 2.05) is 0 Å². The van der Waals surface area contributed by atoms with E-state index < -0.39 is 28.9 Å². The summed E-state index contributed by atoms with van der Waals surface area (Å²) in [5.41, 5.74) is 0.316. The lowest BCUT2D eigenvalue weighted by molar-refractivity contribution is -0.125. The lowest BCUT2D eigenvalue weighted by Gasteiger charge is -2.14. The molecule has 1 aromatic carbocycles. The van der Waals surface area contributed by atoms with E-state index in [2.05, 4.69) is 21.2 Å². The molecule has 1 aliphatic rings. The van der Waals surface area contributed by atoms with Gasteiger partial charge in [0.05, 0.1) is 5.92 Å². The Morgan fingerprint density at radius 1 is 1.29 bits per heavy atom. The topological polar surface area (TPSA) is 46.2 Å². The summed E-state index contributed by atoms with van der Waals surface area (Å²) >= 11 is 14.8. The van der Waals surface area contributed by atoms with Gasteiger partial charge in [-0.05, 0) is 17.7 Å². The van der Waals surface area contributed by atoms with Crippen molar-refractivity contribution < 1.29 is 14.0 Å². The molecule has 0 aromatic heterocycles. The minimum absolute atomic E-state index is 0.0531. The zero-order valence-electron chi connectivity index (χ0n) is 8.14. The van der Waals surface area contributed by atoms with Crippen LogP contribution in [0.3, 0.4) is 0 Å². The van der Waals surface area contributed by atoms with Gasteiger partial charge in [-0.15, -0.1) is 11.6 Å². The van der Waals surface area contributed by atoms with Crippen molar-refractivity contribution in [2.24, 2.45) is 0 Å². The predicted molar refractivity (Wildman–Crippen MR) is 64.6 cm³/mol. The van der Waals surface area contributed by atoms with Crippen molar-refractivity contribution in [2.75, 3.05) is 0 Å². The van der Waals surface area contributed by atoms with Crippen LogP contribution in [0.4, 0.5) is 4.39 Å². The molecule has 2 unspecified atom stereocenters. The third-order valence-corrected chi connectivity index (χ3v) is 3.85. The summed E-state index contributed by atoms with van der Waals surface area (Å²) in [6.07, 6.45) is 0. The number of hydrogen-bond acceptors (Lipinski definition) is 2. The molecule has 0 radical (unpaired) electrons. The first-order chi connectivity index (χ1) is 7.91. The van der Waals surface area contributed by atoms with Crippen LogP contribution in [0.25, 0.3) is 0 Å². The zero-order chi connectivity index (χ0) is 12.7. The molecule has 0 bridgehead atoms. The van der Waals surface area contributed by atoms with Crippen LogP contribution in [-0.2, 0) is 9.59 Å². The molecule has 7 heteroatoms. The molecule has 0 aliphatic carbocycles. The van der Waals surface area contributed by atoms with Crippen LogP contribution in [0.15, 0.2) is 16.6 Å². The molecule has 2 rings (SSSR count). The van der Waals surface area contributed by atoms with Gasteiger partial charge in [-0.3, -0.25) is 14.9 Å². The molecule has 2 amide bonds. The number of amides is 2. The first-order valence-corrected chi connectivity index (χ1v) is 6.15. The van der Waals surface area contributed by atoms with Crippen LogP contribution >= 0.6 is 39.1 Å². The molecular formula is C10H5BrCl2FNO2. The van der Waals surface area contributed by atoms with Crippen molar-refractivity contribution in [2.45, 2.75) is 11.3 Å². The molecule has 17 heavy (non-hydrogen) atoms. The standard InChI is InChI=1S/C10H5BrCl2FNO2/c11-4-1-3(14)2-5(12)6(4)7-8(13)10(17)15-9(7)16/h1-2,7-8H,(H,15,16,17). The maximum atomic E-state index is 13.1. The normalized spacial score (nSPS) is 24.0. The maximum absolute atomic E-state index is 13.1. The molecule has 0 saturated carbocycles. The third kappa shape index (κ3) is 2.19. The number of rotatable bonds is 1. The summed E-state index contributed by atoms with van der Waals surface area (Å²) < 4.78 is 13.4. The number of nitrogens with one attached hydrogen (secondary N) is 1. The van der Waals surface area contributed by atoms with Gasteiger partial charge in [0.1, 0.15) is 11.2 Å². The highest BCUT2D eigenvalue weighted by molar-refractivity contribution is 9.10.